The van der Waals surface area contributed by atoms with Gasteiger partial charge in [-0.25, -0.2) is 4.68 Å². The van der Waals surface area contributed by atoms with E-state index in [9.17, 15) is 5.11 Å². The second kappa shape index (κ2) is 12.4. The largest absolute Gasteiger partial charge is 0.508 e. The maximum absolute atomic E-state index is 10.2. The molecule has 1 aromatic heterocycles. The van der Waals surface area contributed by atoms with E-state index in [1.54, 1.807) is 10.7 Å². The molecule has 194 valence electrons. The zero-order valence-corrected chi connectivity index (χ0v) is 21.2. The van der Waals surface area contributed by atoms with Crippen molar-refractivity contribution in [3.8, 4) is 23.2 Å². The van der Waals surface area contributed by atoms with Crippen LogP contribution in [0.25, 0.3) is 11.4 Å². The zero-order chi connectivity index (χ0) is 26.2. The molecule has 0 spiro atoms. The monoisotopic (exact) mass is 509 g/mol. The predicted octanol–water partition coefficient (Wildman–Crippen LogP) is 3.49. The maximum Gasteiger partial charge on any atom is 0.182 e. The molecule has 1 aliphatic heterocycles. The van der Waals surface area contributed by atoms with E-state index >= 15 is 0 Å². The fourth-order valence-corrected chi connectivity index (χ4v) is 4.98. The van der Waals surface area contributed by atoms with Crippen molar-refractivity contribution in [3.63, 3.8) is 0 Å². The molecule has 1 saturated heterocycles. The number of phenols is 1. The summed E-state index contributed by atoms with van der Waals surface area (Å²) in [6.07, 6.45) is 0. The third-order valence-corrected chi connectivity index (χ3v) is 6.84. The van der Waals surface area contributed by atoms with Crippen molar-refractivity contribution in [2.45, 2.75) is 19.1 Å². The van der Waals surface area contributed by atoms with E-state index in [1.807, 2.05) is 30.3 Å². The van der Waals surface area contributed by atoms with Crippen LogP contribution in [0.5, 0.6) is 5.75 Å². The van der Waals surface area contributed by atoms with Gasteiger partial charge in [-0.2, -0.15) is 5.26 Å². The van der Waals surface area contributed by atoms with E-state index in [2.05, 4.69) is 73.9 Å². The number of piperazine rings is 1. The van der Waals surface area contributed by atoms with Gasteiger partial charge in [0.15, 0.2) is 5.82 Å². The summed E-state index contributed by atoms with van der Waals surface area (Å²) in [5, 5.41) is 31.0. The number of rotatable bonds is 10. The highest BCUT2D eigenvalue weighted by molar-refractivity contribution is 5.55. The first kappa shape index (κ1) is 25.5. The molecule has 9 heteroatoms. The van der Waals surface area contributed by atoms with Gasteiger partial charge in [0.2, 0.25) is 0 Å². The van der Waals surface area contributed by atoms with Crippen LogP contribution in [0.4, 0.5) is 0 Å². The maximum atomic E-state index is 10.2. The van der Waals surface area contributed by atoms with Crippen LogP contribution in [0.2, 0.25) is 0 Å². The Morgan fingerprint density at radius 1 is 0.921 bits per heavy atom. The molecule has 0 aliphatic carbocycles. The van der Waals surface area contributed by atoms with Gasteiger partial charge in [-0.1, -0.05) is 66.7 Å². The molecule has 0 bridgehead atoms. The van der Waals surface area contributed by atoms with Gasteiger partial charge in [0.25, 0.3) is 0 Å². The zero-order valence-electron chi connectivity index (χ0n) is 21.2. The van der Waals surface area contributed by atoms with Gasteiger partial charge in [0.1, 0.15) is 12.4 Å². The van der Waals surface area contributed by atoms with E-state index in [0.717, 1.165) is 49.4 Å². The molecule has 0 radical (unpaired) electrons. The van der Waals surface area contributed by atoms with Crippen molar-refractivity contribution in [1.82, 2.24) is 30.0 Å². The minimum absolute atomic E-state index is 0.0189. The van der Waals surface area contributed by atoms with Crippen LogP contribution >= 0.6 is 0 Å². The summed E-state index contributed by atoms with van der Waals surface area (Å²) >= 11 is 0. The smallest absolute Gasteiger partial charge is 0.182 e. The van der Waals surface area contributed by atoms with E-state index in [4.69, 9.17) is 10.00 Å². The number of aromatic hydroxyl groups is 1. The average Bonchev–Trinajstić information content (AvgIpc) is 3.42. The lowest BCUT2D eigenvalue weighted by Gasteiger charge is -2.40. The van der Waals surface area contributed by atoms with Crippen molar-refractivity contribution in [1.29, 1.82) is 5.26 Å². The molecule has 2 heterocycles. The van der Waals surface area contributed by atoms with Crippen LogP contribution in [-0.4, -0.2) is 74.5 Å². The van der Waals surface area contributed by atoms with Gasteiger partial charge >= 0.3 is 0 Å². The highest BCUT2D eigenvalue weighted by Gasteiger charge is 2.27. The number of hydrogen-bond acceptors (Lipinski definition) is 8. The Kier molecular flexibility index (Phi) is 8.36. The summed E-state index contributed by atoms with van der Waals surface area (Å²) in [4.78, 5) is 4.98. The topological polar surface area (TPSA) is 103 Å². The molecule has 1 fully saturated rings. The fraction of sp³-hybridized carbons (Fsp3) is 0.310. The minimum Gasteiger partial charge on any atom is -0.508 e. The third-order valence-electron chi connectivity index (χ3n) is 6.84. The summed E-state index contributed by atoms with van der Waals surface area (Å²) in [7, 11) is 0. The predicted molar refractivity (Wildman–Crippen MR) is 143 cm³/mol. The number of phenolic OH excluding ortho intramolecular Hbond substituents is 1. The third kappa shape index (κ3) is 6.23. The quantitative estimate of drug-likeness (QED) is 0.324. The minimum atomic E-state index is 0.0189. The number of nitrogens with zero attached hydrogens (tertiary/aromatic N) is 7. The Hall–Kier alpha value is -4.10. The summed E-state index contributed by atoms with van der Waals surface area (Å²) < 4.78 is 6.94. The molecule has 0 amide bonds. The number of nitriles is 1. The van der Waals surface area contributed by atoms with Gasteiger partial charge in [0, 0.05) is 38.3 Å². The number of tetrazole rings is 1. The standard InChI is InChI=1S/C29H31N7O2/c30-13-19-38-20-18-36-29(31-32-33-36)25-11-9-24(10-12-25)28(26-7-4-8-27(37)21-26)35-16-14-34(15-17-35)22-23-5-2-1-3-6-23/h1-12,21,28,37H,14-20,22H2/t28-/m1/s1. The Morgan fingerprint density at radius 2 is 1.71 bits per heavy atom. The number of hydrogen-bond donors (Lipinski definition) is 1. The molecular formula is C29H31N7O2. The molecular weight excluding hydrogens is 478 g/mol. The van der Waals surface area contributed by atoms with Gasteiger partial charge in [-0.15, -0.1) is 5.10 Å². The Bertz CT molecular complexity index is 1340. The summed E-state index contributed by atoms with van der Waals surface area (Å²) in [5.74, 6) is 0.921. The Morgan fingerprint density at radius 3 is 2.45 bits per heavy atom. The van der Waals surface area contributed by atoms with Gasteiger partial charge in [-0.3, -0.25) is 9.80 Å². The van der Waals surface area contributed by atoms with Crippen LogP contribution in [0.1, 0.15) is 22.7 Å². The lowest BCUT2D eigenvalue weighted by Crippen LogP contribution is -2.47. The summed E-state index contributed by atoms with van der Waals surface area (Å²) in [6.45, 7) is 5.63. The molecule has 1 N–H and O–H groups in total. The lowest BCUT2D eigenvalue weighted by atomic mass is 9.95. The van der Waals surface area contributed by atoms with E-state index in [0.29, 0.717) is 19.0 Å². The highest BCUT2D eigenvalue weighted by atomic mass is 16.5. The highest BCUT2D eigenvalue weighted by Crippen LogP contribution is 2.32. The summed E-state index contributed by atoms with van der Waals surface area (Å²) in [5.41, 5.74) is 4.45. The second-order valence-corrected chi connectivity index (χ2v) is 9.35. The first-order valence-electron chi connectivity index (χ1n) is 12.8. The SMILES string of the molecule is N#CCOCCn1nnnc1-c1ccc([C@H](c2cccc(O)c2)N2CCN(Cc3ccccc3)CC2)cc1. The van der Waals surface area contributed by atoms with E-state index in [1.165, 1.54) is 5.56 Å². The van der Waals surface area contributed by atoms with Crippen molar-refractivity contribution in [2.24, 2.45) is 0 Å². The average molecular weight is 510 g/mol. The van der Waals surface area contributed by atoms with E-state index in [-0.39, 0.29) is 18.4 Å². The summed E-state index contributed by atoms with van der Waals surface area (Å²) in [6, 6.07) is 28.4. The lowest BCUT2D eigenvalue weighted by molar-refractivity contribution is 0.105. The van der Waals surface area contributed by atoms with Crippen LogP contribution < -0.4 is 0 Å². The molecule has 0 saturated carbocycles. The normalized spacial score (nSPS) is 15.2. The van der Waals surface area contributed by atoms with Crippen molar-refractivity contribution in [3.05, 3.63) is 95.6 Å². The van der Waals surface area contributed by atoms with E-state index < -0.39 is 0 Å². The Balaban J connectivity index is 1.33. The van der Waals surface area contributed by atoms with Crippen molar-refractivity contribution in [2.75, 3.05) is 39.4 Å². The molecule has 0 unspecified atom stereocenters. The van der Waals surface area contributed by atoms with Crippen molar-refractivity contribution >= 4 is 0 Å². The Labute approximate surface area is 222 Å². The molecule has 1 aliphatic rings. The first-order valence-corrected chi connectivity index (χ1v) is 12.8. The van der Waals surface area contributed by atoms with Crippen LogP contribution in [-0.2, 0) is 17.8 Å². The number of ether oxygens (including phenoxy) is 1. The molecule has 3 aromatic carbocycles. The molecule has 38 heavy (non-hydrogen) atoms. The second-order valence-electron chi connectivity index (χ2n) is 9.35. The van der Waals surface area contributed by atoms with Crippen LogP contribution in [0, 0.1) is 11.3 Å². The molecule has 1 atom stereocenters. The fourth-order valence-electron chi connectivity index (χ4n) is 4.98. The molecule has 9 nitrogen and oxygen atoms in total. The number of aromatic nitrogens is 4. The van der Waals surface area contributed by atoms with Gasteiger partial charge in [-0.05, 0) is 39.2 Å². The van der Waals surface area contributed by atoms with Crippen LogP contribution in [0.15, 0.2) is 78.9 Å². The number of benzene rings is 3. The molecule has 5 rings (SSSR count). The molecule has 4 aromatic rings. The van der Waals surface area contributed by atoms with Crippen molar-refractivity contribution < 1.29 is 9.84 Å². The first-order chi connectivity index (χ1) is 18.7. The van der Waals surface area contributed by atoms with Gasteiger partial charge in [0.05, 0.1) is 25.3 Å². The van der Waals surface area contributed by atoms with Crippen LogP contribution in [0.3, 0.4) is 0 Å². The van der Waals surface area contributed by atoms with Gasteiger partial charge < -0.3 is 9.84 Å².